The second-order valence-corrected chi connectivity index (χ2v) is 21.3. The first kappa shape index (κ1) is 42.4. The van der Waals surface area contributed by atoms with Crippen molar-refractivity contribution in [1.29, 1.82) is 0 Å². The van der Waals surface area contributed by atoms with Gasteiger partial charge in [0.25, 0.3) is 0 Å². The predicted molar refractivity (Wildman–Crippen MR) is 308 cm³/mol. The number of hydrogen-bond acceptors (Lipinski definition) is 3. The summed E-state index contributed by atoms with van der Waals surface area (Å²) in [5.74, 6) is 1.77. The highest BCUT2D eigenvalue weighted by atomic mass is 32.2. The topological polar surface area (TPSA) is 12.5 Å². The molecule has 0 amide bonds. The van der Waals surface area contributed by atoms with Crippen molar-refractivity contribution in [2.45, 2.75) is 20.6 Å². The first-order chi connectivity index (χ1) is 37.2. The summed E-state index contributed by atoms with van der Waals surface area (Å²) in [5, 5.41) is 2.40. The summed E-state index contributed by atoms with van der Waals surface area (Å²) in [6.07, 6.45) is 0. The standard InChI is InChI=1S/C72H45NOS/c1-2-18-46(19-3-1)47-34-36-48(37-35-47)53-20-6-13-29-66(53)73(52-40-41-56-54-21-4-7-23-58(54)71(65(56)45-52)60-25-9-14-30-67(60)74-68-31-15-10-26-61(68)71)51-39-38-49-43-57-55-22-5-8-24-59(55)72(64(57)44-50(49)42-51)62-27-11-16-32-69(62)75-70-33-17-12-28-63(70)72/h1-45H. The number of rotatable bonds is 5. The zero-order valence-corrected chi connectivity index (χ0v) is 41.6. The maximum Gasteiger partial charge on any atom is 0.132 e. The quantitative estimate of drug-likeness (QED) is 0.171. The lowest BCUT2D eigenvalue weighted by atomic mass is 9.66. The van der Waals surface area contributed by atoms with Gasteiger partial charge in [-0.05, 0) is 150 Å². The van der Waals surface area contributed by atoms with Crippen LogP contribution >= 0.6 is 11.8 Å². The normalized spacial score (nSPS) is 14.1. The van der Waals surface area contributed by atoms with Gasteiger partial charge in [0, 0.05) is 37.9 Å². The predicted octanol–water partition coefficient (Wildman–Crippen LogP) is 18.9. The molecule has 0 radical (unpaired) electrons. The van der Waals surface area contributed by atoms with Crippen LogP contribution in [0, 0.1) is 0 Å². The van der Waals surface area contributed by atoms with Crippen molar-refractivity contribution < 1.29 is 4.74 Å². The van der Waals surface area contributed by atoms with Crippen LogP contribution in [0.2, 0.25) is 0 Å². The molecule has 2 aliphatic heterocycles. The van der Waals surface area contributed by atoms with Gasteiger partial charge in [-0.25, -0.2) is 0 Å². The fraction of sp³-hybridized carbons (Fsp3) is 0.0278. The van der Waals surface area contributed by atoms with E-state index < -0.39 is 10.8 Å². The average molecular weight is 972 g/mol. The van der Waals surface area contributed by atoms with Crippen LogP contribution in [0.25, 0.3) is 55.3 Å². The molecule has 0 fully saturated rings. The molecule has 3 heteroatoms. The van der Waals surface area contributed by atoms with Crippen LogP contribution in [-0.2, 0) is 10.8 Å². The summed E-state index contributed by atoms with van der Waals surface area (Å²) in [7, 11) is 0. The lowest BCUT2D eigenvalue weighted by Gasteiger charge is -2.40. The molecule has 4 aliphatic rings. The summed E-state index contributed by atoms with van der Waals surface area (Å²) < 4.78 is 6.77. The number of fused-ring (bicyclic) bond motifs is 19. The summed E-state index contributed by atoms with van der Waals surface area (Å²) in [6, 6.07) is 101. The van der Waals surface area contributed by atoms with Gasteiger partial charge < -0.3 is 9.64 Å². The largest absolute Gasteiger partial charge is 0.457 e. The van der Waals surface area contributed by atoms with Crippen LogP contribution in [0.5, 0.6) is 11.5 Å². The molecule has 0 aromatic heterocycles. The molecule has 350 valence electrons. The Morgan fingerprint density at radius 3 is 1.43 bits per heavy atom. The van der Waals surface area contributed by atoms with E-state index in [2.05, 4.69) is 278 Å². The lowest BCUT2D eigenvalue weighted by molar-refractivity contribution is 0.436. The van der Waals surface area contributed by atoms with Gasteiger partial charge in [-0.2, -0.15) is 0 Å². The second-order valence-electron chi connectivity index (χ2n) is 20.2. The molecule has 12 aromatic rings. The Morgan fingerprint density at radius 1 is 0.280 bits per heavy atom. The number of para-hydroxylation sites is 3. The van der Waals surface area contributed by atoms with E-state index in [1.54, 1.807) is 0 Å². The first-order valence-electron chi connectivity index (χ1n) is 25.9. The third-order valence-electron chi connectivity index (χ3n) is 16.6. The van der Waals surface area contributed by atoms with Gasteiger partial charge in [0.15, 0.2) is 0 Å². The summed E-state index contributed by atoms with van der Waals surface area (Å²) in [6.45, 7) is 0. The minimum atomic E-state index is -0.621. The van der Waals surface area contributed by atoms with E-state index in [0.717, 1.165) is 50.8 Å². The molecule has 0 bridgehead atoms. The lowest BCUT2D eigenvalue weighted by Crippen LogP contribution is -2.32. The fourth-order valence-corrected chi connectivity index (χ4v) is 14.7. The Labute approximate surface area is 440 Å². The molecule has 2 aliphatic carbocycles. The van der Waals surface area contributed by atoms with Gasteiger partial charge in [0.2, 0.25) is 0 Å². The van der Waals surface area contributed by atoms with Gasteiger partial charge in [0.05, 0.1) is 16.5 Å². The van der Waals surface area contributed by atoms with Gasteiger partial charge in [-0.1, -0.05) is 218 Å². The molecule has 0 saturated heterocycles. The first-order valence-corrected chi connectivity index (χ1v) is 26.7. The highest BCUT2D eigenvalue weighted by Crippen LogP contribution is 2.65. The molecule has 0 unspecified atom stereocenters. The molecular weight excluding hydrogens is 927 g/mol. The number of anilines is 3. The minimum absolute atomic E-state index is 0.480. The summed E-state index contributed by atoms with van der Waals surface area (Å²) >= 11 is 1.89. The third-order valence-corrected chi connectivity index (χ3v) is 17.7. The van der Waals surface area contributed by atoms with Crippen LogP contribution in [0.4, 0.5) is 17.1 Å². The monoisotopic (exact) mass is 971 g/mol. The molecule has 2 heterocycles. The van der Waals surface area contributed by atoms with E-state index in [-0.39, 0.29) is 0 Å². The van der Waals surface area contributed by atoms with Crippen molar-refractivity contribution in [3.8, 4) is 56.0 Å². The third kappa shape index (κ3) is 5.93. The average Bonchev–Trinajstić information content (AvgIpc) is 4.03. The Balaban J connectivity index is 0.949. The van der Waals surface area contributed by atoms with Crippen LogP contribution < -0.4 is 9.64 Å². The van der Waals surface area contributed by atoms with Crippen LogP contribution in [0.15, 0.2) is 283 Å². The maximum absolute atomic E-state index is 6.77. The smallest absolute Gasteiger partial charge is 0.132 e. The van der Waals surface area contributed by atoms with E-state index in [1.165, 1.54) is 87.3 Å². The molecule has 16 rings (SSSR count). The number of hydrogen-bond donors (Lipinski definition) is 0. The second kappa shape index (κ2) is 16.2. The highest BCUT2D eigenvalue weighted by molar-refractivity contribution is 7.99. The molecular formula is C72H45NOS. The van der Waals surface area contributed by atoms with Crippen LogP contribution in [0.1, 0.15) is 44.5 Å². The van der Waals surface area contributed by atoms with Crippen molar-refractivity contribution in [2.24, 2.45) is 0 Å². The molecule has 0 atom stereocenters. The van der Waals surface area contributed by atoms with E-state index in [0.29, 0.717) is 0 Å². The molecule has 0 saturated carbocycles. The van der Waals surface area contributed by atoms with Gasteiger partial charge in [0.1, 0.15) is 11.5 Å². The Bertz CT molecular complexity index is 4230. The highest BCUT2D eigenvalue weighted by Gasteiger charge is 2.52. The molecule has 2 nitrogen and oxygen atoms in total. The number of ether oxygens (including phenoxy) is 1. The maximum atomic E-state index is 6.77. The van der Waals surface area contributed by atoms with Crippen LogP contribution in [-0.4, -0.2) is 0 Å². The zero-order chi connectivity index (χ0) is 49.2. The SMILES string of the molecule is c1ccc(-c2ccc(-c3ccccc3N(c3ccc4c(c3)C3(c5ccccc5Oc5ccccc53)c3ccccc3-4)c3ccc4cc5c(cc4c3)C3(c4ccccc4Sc4ccccc43)c3ccccc3-5)cc2)cc1. The van der Waals surface area contributed by atoms with E-state index in [4.69, 9.17) is 4.74 Å². The van der Waals surface area contributed by atoms with E-state index >= 15 is 0 Å². The van der Waals surface area contributed by atoms with E-state index in [1.807, 2.05) is 11.8 Å². The zero-order valence-electron chi connectivity index (χ0n) is 40.7. The van der Waals surface area contributed by atoms with Gasteiger partial charge >= 0.3 is 0 Å². The Hall–Kier alpha value is -9.15. The number of nitrogens with zero attached hydrogens (tertiary/aromatic N) is 1. The van der Waals surface area contributed by atoms with Crippen molar-refractivity contribution in [3.63, 3.8) is 0 Å². The molecule has 12 aromatic carbocycles. The van der Waals surface area contributed by atoms with Crippen molar-refractivity contribution in [2.75, 3.05) is 4.90 Å². The number of benzene rings is 12. The van der Waals surface area contributed by atoms with Gasteiger partial charge in [-0.3, -0.25) is 0 Å². The molecule has 0 N–H and O–H groups in total. The van der Waals surface area contributed by atoms with E-state index in [9.17, 15) is 0 Å². The summed E-state index contributed by atoms with van der Waals surface area (Å²) in [5.41, 5.74) is 22.1. The fourth-order valence-electron chi connectivity index (χ4n) is 13.5. The minimum Gasteiger partial charge on any atom is -0.457 e. The molecule has 2 spiro atoms. The Kier molecular flexibility index (Phi) is 9.14. The summed E-state index contributed by atoms with van der Waals surface area (Å²) in [4.78, 5) is 5.12. The Morgan fingerprint density at radius 2 is 0.747 bits per heavy atom. The van der Waals surface area contributed by atoms with Crippen LogP contribution in [0.3, 0.4) is 0 Å². The van der Waals surface area contributed by atoms with Crippen molar-refractivity contribution in [3.05, 3.63) is 317 Å². The van der Waals surface area contributed by atoms with Gasteiger partial charge in [-0.15, -0.1) is 0 Å². The van der Waals surface area contributed by atoms with Crippen molar-refractivity contribution in [1.82, 2.24) is 0 Å². The van der Waals surface area contributed by atoms with Crippen molar-refractivity contribution >= 4 is 39.6 Å². The molecule has 75 heavy (non-hydrogen) atoms.